The van der Waals surface area contributed by atoms with Gasteiger partial charge in [-0.1, -0.05) is 30.3 Å². The number of methoxy groups -OCH3 is 1. The number of amides is 1. The summed E-state index contributed by atoms with van der Waals surface area (Å²) in [6.45, 7) is 3.48. The highest BCUT2D eigenvalue weighted by Gasteiger charge is 2.33. The summed E-state index contributed by atoms with van der Waals surface area (Å²) in [5.74, 6) is 1.63. The Hall–Kier alpha value is -3.12. The lowest BCUT2D eigenvalue weighted by atomic mass is 9.91. The van der Waals surface area contributed by atoms with Gasteiger partial charge in [-0.05, 0) is 62.2 Å². The van der Waals surface area contributed by atoms with Crippen molar-refractivity contribution >= 4 is 5.91 Å². The molecule has 3 aromatic rings. The molecule has 166 valence electrons. The van der Waals surface area contributed by atoms with Crippen LogP contribution in [0.15, 0.2) is 60.8 Å². The zero-order chi connectivity index (χ0) is 21.9. The van der Waals surface area contributed by atoms with Gasteiger partial charge in [-0.2, -0.15) is 5.10 Å². The fourth-order valence-electron chi connectivity index (χ4n) is 5.05. The molecule has 2 aliphatic heterocycles. The number of likely N-dealkylation sites (tertiary alicyclic amines) is 1. The van der Waals surface area contributed by atoms with Crippen LogP contribution in [0.25, 0.3) is 5.69 Å². The van der Waals surface area contributed by atoms with Crippen molar-refractivity contribution in [2.45, 2.75) is 31.1 Å². The molecule has 32 heavy (non-hydrogen) atoms. The van der Waals surface area contributed by atoms with Crippen molar-refractivity contribution in [1.29, 1.82) is 0 Å². The monoisotopic (exact) mass is 430 g/mol. The van der Waals surface area contributed by atoms with Gasteiger partial charge in [0.2, 0.25) is 0 Å². The van der Waals surface area contributed by atoms with Crippen molar-refractivity contribution in [2.75, 3.05) is 33.3 Å². The lowest BCUT2D eigenvalue weighted by molar-refractivity contribution is 0.0788. The molecule has 0 unspecified atom stereocenters. The Morgan fingerprint density at radius 1 is 1.00 bits per heavy atom. The number of nitrogens with zero attached hydrogens (tertiary/aromatic N) is 3. The van der Waals surface area contributed by atoms with Crippen LogP contribution < -0.4 is 10.1 Å². The predicted octanol–water partition coefficient (Wildman–Crippen LogP) is 3.98. The minimum atomic E-state index is 0.108. The summed E-state index contributed by atoms with van der Waals surface area (Å²) in [5, 5.41) is 8.13. The molecule has 0 saturated carbocycles. The van der Waals surface area contributed by atoms with Crippen molar-refractivity contribution in [3.63, 3.8) is 0 Å². The zero-order valence-electron chi connectivity index (χ0n) is 18.5. The molecule has 1 N–H and O–H groups in total. The fourth-order valence-corrected chi connectivity index (χ4v) is 5.05. The van der Waals surface area contributed by atoms with Crippen LogP contribution in [0.1, 0.15) is 52.7 Å². The third kappa shape index (κ3) is 4.02. The van der Waals surface area contributed by atoms with E-state index in [4.69, 9.17) is 9.84 Å². The summed E-state index contributed by atoms with van der Waals surface area (Å²) in [7, 11) is 1.67. The second kappa shape index (κ2) is 9.17. The molecule has 1 amide bonds. The van der Waals surface area contributed by atoms with E-state index < -0.39 is 0 Å². The lowest BCUT2D eigenvalue weighted by Crippen LogP contribution is -2.32. The molecule has 0 spiro atoms. The van der Waals surface area contributed by atoms with Gasteiger partial charge >= 0.3 is 0 Å². The number of carbonyl (C=O) groups is 1. The Balaban J connectivity index is 1.45. The summed E-state index contributed by atoms with van der Waals surface area (Å²) in [4.78, 5) is 15.7. The van der Waals surface area contributed by atoms with Crippen molar-refractivity contribution in [2.24, 2.45) is 0 Å². The first-order valence-corrected chi connectivity index (χ1v) is 11.5. The minimum Gasteiger partial charge on any atom is -0.497 e. The molecule has 2 fully saturated rings. The minimum absolute atomic E-state index is 0.108. The molecule has 0 aliphatic carbocycles. The van der Waals surface area contributed by atoms with E-state index in [1.165, 1.54) is 5.56 Å². The number of benzene rings is 2. The van der Waals surface area contributed by atoms with Crippen molar-refractivity contribution in [3.8, 4) is 11.4 Å². The highest BCUT2D eigenvalue weighted by Crippen LogP contribution is 2.33. The summed E-state index contributed by atoms with van der Waals surface area (Å²) in [5.41, 5.74) is 4.07. The summed E-state index contributed by atoms with van der Waals surface area (Å²) in [6, 6.07) is 18.4. The molecule has 6 heteroatoms. The van der Waals surface area contributed by atoms with Gasteiger partial charge in [0.25, 0.3) is 5.91 Å². The first-order valence-electron chi connectivity index (χ1n) is 11.5. The summed E-state index contributed by atoms with van der Waals surface area (Å²) >= 11 is 0. The van der Waals surface area contributed by atoms with Gasteiger partial charge in [0.15, 0.2) is 0 Å². The van der Waals surface area contributed by atoms with Crippen LogP contribution in [0.4, 0.5) is 0 Å². The number of piperidine rings is 1. The molecule has 2 aliphatic rings. The largest absolute Gasteiger partial charge is 0.497 e. The Labute approximate surface area is 189 Å². The molecule has 0 bridgehead atoms. The molecule has 1 aromatic heterocycles. The number of rotatable bonds is 5. The Morgan fingerprint density at radius 2 is 1.75 bits per heavy atom. The highest BCUT2D eigenvalue weighted by molar-refractivity contribution is 5.95. The van der Waals surface area contributed by atoms with Crippen LogP contribution in [0.3, 0.4) is 0 Å². The fraction of sp³-hybridized carbons (Fsp3) is 0.385. The zero-order valence-corrected chi connectivity index (χ0v) is 18.5. The van der Waals surface area contributed by atoms with E-state index in [2.05, 4.69) is 29.6 Å². The Kier molecular flexibility index (Phi) is 5.95. The number of ether oxygens (including phenoxy) is 1. The molecule has 2 saturated heterocycles. The second-order valence-corrected chi connectivity index (χ2v) is 8.73. The molecular weight excluding hydrogens is 400 g/mol. The third-order valence-corrected chi connectivity index (χ3v) is 6.83. The van der Waals surface area contributed by atoms with E-state index in [1.54, 1.807) is 13.3 Å². The number of hydrogen-bond acceptors (Lipinski definition) is 4. The predicted molar refractivity (Wildman–Crippen MR) is 125 cm³/mol. The number of aromatic nitrogens is 2. The van der Waals surface area contributed by atoms with E-state index >= 15 is 0 Å². The van der Waals surface area contributed by atoms with E-state index in [0.717, 1.165) is 68.1 Å². The Bertz CT molecular complexity index is 1060. The first kappa shape index (κ1) is 20.8. The third-order valence-electron chi connectivity index (χ3n) is 6.83. The topological polar surface area (TPSA) is 59.4 Å². The maximum Gasteiger partial charge on any atom is 0.257 e. The van der Waals surface area contributed by atoms with Crippen molar-refractivity contribution < 1.29 is 9.53 Å². The SMILES string of the molecule is COc1ccc(-n2ncc(C(=O)N3CC[C@H](c4ccccc4)C3)c2C2CCNCC2)cc1. The van der Waals surface area contributed by atoms with E-state index in [1.807, 2.05) is 39.9 Å². The van der Waals surface area contributed by atoms with Gasteiger partial charge in [0.1, 0.15) is 5.75 Å². The molecule has 3 heterocycles. The lowest BCUT2D eigenvalue weighted by Gasteiger charge is -2.26. The number of nitrogens with one attached hydrogen (secondary N) is 1. The van der Waals surface area contributed by atoms with Gasteiger partial charge in [-0.25, -0.2) is 4.68 Å². The van der Waals surface area contributed by atoms with Crippen LogP contribution in [0.5, 0.6) is 5.75 Å². The smallest absolute Gasteiger partial charge is 0.257 e. The summed E-state index contributed by atoms with van der Waals surface area (Å²) in [6.07, 6.45) is 4.80. The average Bonchev–Trinajstić information content (AvgIpc) is 3.53. The standard InChI is InChI=1S/C26H30N4O2/c1-32-23-9-7-22(8-10-23)30-25(20-11-14-27-15-12-20)24(17-28-30)26(31)29-16-13-21(18-29)19-5-3-2-4-6-19/h2-10,17,20-21,27H,11-16,18H2,1H3/t21-/m0/s1. The maximum atomic E-state index is 13.7. The Morgan fingerprint density at radius 3 is 2.47 bits per heavy atom. The molecule has 6 nitrogen and oxygen atoms in total. The molecular formula is C26H30N4O2. The van der Waals surface area contributed by atoms with E-state index in [-0.39, 0.29) is 5.91 Å². The average molecular weight is 431 g/mol. The second-order valence-electron chi connectivity index (χ2n) is 8.73. The van der Waals surface area contributed by atoms with E-state index in [0.29, 0.717) is 11.8 Å². The van der Waals surface area contributed by atoms with Crippen LogP contribution in [-0.4, -0.2) is 53.9 Å². The van der Waals surface area contributed by atoms with Gasteiger partial charge in [-0.15, -0.1) is 0 Å². The van der Waals surface area contributed by atoms with Gasteiger partial charge in [-0.3, -0.25) is 4.79 Å². The highest BCUT2D eigenvalue weighted by atomic mass is 16.5. The van der Waals surface area contributed by atoms with Gasteiger partial charge < -0.3 is 15.0 Å². The quantitative estimate of drug-likeness (QED) is 0.665. The number of hydrogen-bond donors (Lipinski definition) is 1. The van der Waals surface area contributed by atoms with E-state index in [9.17, 15) is 4.79 Å². The molecule has 2 aromatic carbocycles. The van der Waals surface area contributed by atoms with Crippen LogP contribution in [0.2, 0.25) is 0 Å². The maximum absolute atomic E-state index is 13.7. The van der Waals surface area contributed by atoms with Gasteiger partial charge in [0.05, 0.1) is 30.3 Å². The first-order chi connectivity index (χ1) is 15.7. The van der Waals surface area contributed by atoms with Crippen LogP contribution in [0, 0.1) is 0 Å². The normalized spacial score (nSPS) is 19.3. The van der Waals surface area contributed by atoms with Crippen LogP contribution in [-0.2, 0) is 0 Å². The van der Waals surface area contributed by atoms with Crippen molar-refractivity contribution in [3.05, 3.63) is 77.6 Å². The molecule has 0 radical (unpaired) electrons. The van der Waals surface area contributed by atoms with Crippen molar-refractivity contribution in [1.82, 2.24) is 20.0 Å². The molecule has 1 atom stereocenters. The number of carbonyl (C=O) groups excluding carboxylic acids is 1. The van der Waals surface area contributed by atoms with Crippen LogP contribution >= 0.6 is 0 Å². The van der Waals surface area contributed by atoms with Gasteiger partial charge in [0, 0.05) is 24.9 Å². The molecule has 5 rings (SSSR count). The summed E-state index contributed by atoms with van der Waals surface area (Å²) < 4.78 is 7.28.